The van der Waals surface area contributed by atoms with Crippen LogP contribution in [0.5, 0.6) is 0 Å². The van der Waals surface area contributed by atoms with Crippen molar-refractivity contribution in [2.75, 3.05) is 6.54 Å². The van der Waals surface area contributed by atoms with Crippen molar-refractivity contribution in [2.45, 2.75) is 25.8 Å². The molecule has 0 spiro atoms. The van der Waals surface area contributed by atoms with Crippen molar-refractivity contribution in [1.29, 1.82) is 0 Å². The van der Waals surface area contributed by atoms with Crippen molar-refractivity contribution in [2.24, 2.45) is 0 Å². The Morgan fingerprint density at radius 2 is 1.95 bits per heavy atom. The van der Waals surface area contributed by atoms with E-state index < -0.39 is 11.6 Å². The summed E-state index contributed by atoms with van der Waals surface area (Å²) in [5.41, 5.74) is 1.85. The number of rotatable bonds is 6. The summed E-state index contributed by atoms with van der Waals surface area (Å²) < 4.78 is 26.6. The quantitative estimate of drug-likeness (QED) is 0.832. The van der Waals surface area contributed by atoms with Crippen molar-refractivity contribution < 1.29 is 8.78 Å². The molecule has 1 N–H and O–H groups in total. The smallest absolute Gasteiger partial charge is 0.126 e. The van der Waals surface area contributed by atoms with Crippen LogP contribution < -0.4 is 5.32 Å². The van der Waals surface area contributed by atoms with Crippen LogP contribution in [0, 0.1) is 11.6 Å². The maximum Gasteiger partial charge on any atom is 0.126 e. The molecule has 1 heterocycles. The highest BCUT2D eigenvalue weighted by atomic mass is 32.1. The molecule has 1 aromatic heterocycles. The first-order chi connectivity index (χ1) is 9.19. The van der Waals surface area contributed by atoms with Gasteiger partial charge in [-0.25, -0.2) is 8.78 Å². The van der Waals surface area contributed by atoms with Crippen molar-refractivity contribution >= 4 is 11.3 Å². The van der Waals surface area contributed by atoms with Crippen LogP contribution in [0.25, 0.3) is 0 Å². The lowest BCUT2D eigenvalue weighted by Gasteiger charge is -2.19. The third-order valence-electron chi connectivity index (χ3n) is 2.95. The number of halogens is 2. The summed E-state index contributed by atoms with van der Waals surface area (Å²) in [4.78, 5) is 0. The molecular weight excluding hydrogens is 264 g/mol. The van der Waals surface area contributed by atoms with E-state index in [0.29, 0.717) is 5.56 Å². The molecule has 102 valence electrons. The number of thiophene rings is 1. The van der Waals surface area contributed by atoms with E-state index in [1.165, 1.54) is 17.7 Å². The second-order valence-corrected chi connectivity index (χ2v) is 5.33. The molecule has 0 saturated carbocycles. The third-order valence-corrected chi connectivity index (χ3v) is 3.68. The summed E-state index contributed by atoms with van der Waals surface area (Å²) in [5.74, 6) is -1.05. The molecule has 4 heteroatoms. The third kappa shape index (κ3) is 4.11. The molecule has 0 aliphatic carbocycles. The monoisotopic (exact) mass is 281 g/mol. The van der Waals surface area contributed by atoms with E-state index in [1.54, 1.807) is 11.3 Å². The largest absolute Gasteiger partial charge is 0.310 e. The van der Waals surface area contributed by atoms with E-state index in [-0.39, 0.29) is 6.04 Å². The van der Waals surface area contributed by atoms with Gasteiger partial charge in [0.25, 0.3) is 0 Å². The standard InChI is InChI=1S/C15H17F2NS/c1-2-4-18-15(6-11-3-5-19-10-11)12-7-13(16)9-14(17)8-12/h3,5,7-10,15,18H,2,4,6H2,1H3. The molecule has 0 aliphatic heterocycles. The van der Waals surface area contributed by atoms with Crippen LogP contribution >= 0.6 is 11.3 Å². The van der Waals surface area contributed by atoms with Crippen LogP contribution in [0.15, 0.2) is 35.0 Å². The summed E-state index contributed by atoms with van der Waals surface area (Å²) in [5, 5.41) is 7.43. The van der Waals surface area contributed by atoms with Gasteiger partial charge in [-0.2, -0.15) is 11.3 Å². The van der Waals surface area contributed by atoms with E-state index in [9.17, 15) is 8.78 Å². The Labute approximate surface area is 116 Å². The fraction of sp³-hybridized carbons (Fsp3) is 0.333. The molecule has 2 aromatic rings. The predicted molar refractivity (Wildman–Crippen MR) is 75.4 cm³/mol. The Balaban J connectivity index is 2.20. The van der Waals surface area contributed by atoms with E-state index >= 15 is 0 Å². The molecule has 2 rings (SSSR count). The second-order valence-electron chi connectivity index (χ2n) is 4.55. The number of hydrogen-bond acceptors (Lipinski definition) is 2. The average Bonchev–Trinajstić information content (AvgIpc) is 2.86. The molecule has 1 atom stereocenters. The first-order valence-corrected chi connectivity index (χ1v) is 7.33. The molecule has 0 bridgehead atoms. The summed E-state index contributed by atoms with van der Waals surface area (Å²) in [7, 11) is 0. The van der Waals surface area contributed by atoms with Crippen LogP contribution in [-0.4, -0.2) is 6.54 Å². The van der Waals surface area contributed by atoms with Gasteiger partial charge in [-0.15, -0.1) is 0 Å². The fourth-order valence-corrected chi connectivity index (χ4v) is 2.73. The van der Waals surface area contributed by atoms with E-state index in [1.807, 2.05) is 11.4 Å². The highest BCUT2D eigenvalue weighted by Crippen LogP contribution is 2.22. The Kier molecular flexibility index (Phi) is 5.05. The van der Waals surface area contributed by atoms with Crippen LogP contribution in [0.1, 0.15) is 30.5 Å². The van der Waals surface area contributed by atoms with Crippen LogP contribution in [-0.2, 0) is 6.42 Å². The topological polar surface area (TPSA) is 12.0 Å². The van der Waals surface area contributed by atoms with Gasteiger partial charge in [0.15, 0.2) is 0 Å². The van der Waals surface area contributed by atoms with Gasteiger partial charge in [-0.1, -0.05) is 6.92 Å². The summed E-state index contributed by atoms with van der Waals surface area (Å²) in [6.45, 7) is 2.90. The molecule has 0 aliphatic rings. The lowest BCUT2D eigenvalue weighted by Crippen LogP contribution is -2.24. The van der Waals surface area contributed by atoms with Gasteiger partial charge >= 0.3 is 0 Å². The van der Waals surface area contributed by atoms with Crippen LogP contribution in [0.2, 0.25) is 0 Å². The fourth-order valence-electron chi connectivity index (χ4n) is 2.05. The zero-order valence-corrected chi connectivity index (χ0v) is 11.6. The van der Waals surface area contributed by atoms with E-state index in [4.69, 9.17) is 0 Å². The first-order valence-electron chi connectivity index (χ1n) is 6.39. The molecule has 0 saturated heterocycles. The second kappa shape index (κ2) is 6.78. The summed E-state index contributed by atoms with van der Waals surface area (Å²) >= 11 is 1.63. The minimum atomic E-state index is -0.524. The lowest BCUT2D eigenvalue weighted by atomic mass is 10.00. The van der Waals surface area contributed by atoms with Gasteiger partial charge in [0, 0.05) is 12.1 Å². The molecule has 0 fully saturated rings. The normalized spacial score (nSPS) is 12.6. The SMILES string of the molecule is CCCNC(Cc1ccsc1)c1cc(F)cc(F)c1. The zero-order chi connectivity index (χ0) is 13.7. The number of benzene rings is 1. The molecule has 1 aromatic carbocycles. The molecular formula is C15H17F2NS. The van der Waals surface area contributed by atoms with Gasteiger partial charge in [0.2, 0.25) is 0 Å². The van der Waals surface area contributed by atoms with E-state index in [0.717, 1.165) is 25.5 Å². The maximum absolute atomic E-state index is 13.3. The summed E-state index contributed by atoms with van der Waals surface area (Å²) in [6, 6.07) is 5.71. The Morgan fingerprint density at radius 3 is 2.53 bits per heavy atom. The van der Waals surface area contributed by atoms with E-state index in [2.05, 4.69) is 17.6 Å². The number of nitrogens with one attached hydrogen (secondary N) is 1. The Bertz CT molecular complexity index is 491. The van der Waals surface area contributed by atoms with Crippen molar-refractivity contribution in [3.05, 3.63) is 57.8 Å². The van der Waals surface area contributed by atoms with Gasteiger partial charge in [0.05, 0.1) is 0 Å². The molecule has 1 unspecified atom stereocenters. The minimum absolute atomic E-state index is 0.0558. The molecule has 0 radical (unpaired) electrons. The Morgan fingerprint density at radius 1 is 1.21 bits per heavy atom. The lowest BCUT2D eigenvalue weighted by molar-refractivity contribution is 0.515. The zero-order valence-electron chi connectivity index (χ0n) is 10.8. The average molecular weight is 281 g/mol. The Hall–Kier alpha value is -1.26. The minimum Gasteiger partial charge on any atom is -0.310 e. The van der Waals surface area contributed by atoms with Crippen LogP contribution in [0.4, 0.5) is 8.78 Å². The first kappa shape index (κ1) is 14.2. The molecule has 1 nitrogen and oxygen atoms in total. The van der Waals surface area contributed by atoms with Crippen LogP contribution in [0.3, 0.4) is 0 Å². The predicted octanol–water partition coefficient (Wildman–Crippen LogP) is 4.31. The highest BCUT2D eigenvalue weighted by molar-refractivity contribution is 7.07. The van der Waals surface area contributed by atoms with Crippen molar-refractivity contribution in [3.8, 4) is 0 Å². The molecule has 19 heavy (non-hydrogen) atoms. The van der Waals surface area contributed by atoms with Gasteiger partial charge in [-0.05, 0) is 59.5 Å². The van der Waals surface area contributed by atoms with Gasteiger partial charge < -0.3 is 5.32 Å². The van der Waals surface area contributed by atoms with Gasteiger partial charge in [0.1, 0.15) is 11.6 Å². The van der Waals surface area contributed by atoms with Crippen molar-refractivity contribution in [3.63, 3.8) is 0 Å². The summed E-state index contributed by atoms with van der Waals surface area (Å²) in [6.07, 6.45) is 1.73. The van der Waals surface area contributed by atoms with Crippen molar-refractivity contribution in [1.82, 2.24) is 5.32 Å². The maximum atomic E-state index is 13.3. The highest BCUT2D eigenvalue weighted by Gasteiger charge is 2.14. The van der Waals surface area contributed by atoms with Gasteiger partial charge in [-0.3, -0.25) is 0 Å². The molecule has 0 amide bonds. The number of hydrogen-bond donors (Lipinski definition) is 1.